The van der Waals surface area contributed by atoms with E-state index in [1.807, 2.05) is 11.8 Å². The van der Waals surface area contributed by atoms with Crippen molar-refractivity contribution in [3.8, 4) is 0 Å². The van der Waals surface area contributed by atoms with E-state index in [1.54, 1.807) is 0 Å². The van der Waals surface area contributed by atoms with Crippen molar-refractivity contribution in [2.24, 2.45) is 5.41 Å². The summed E-state index contributed by atoms with van der Waals surface area (Å²) in [4.78, 5) is 8.72. The van der Waals surface area contributed by atoms with E-state index in [4.69, 9.17) is 4.74 Å². The molecule has 158 valence electrons. The van der Waals surface area contributed by atoms with Gasteiger partial charge >= 0.3 is 0 Å². The molecule has 1 aliphatic heterocycles. The van der Waals surface area contributed by atoms with Gasteiger partial charge in [-0.05, 0) is 82.2 Å². The van der Waals surface area contributed by atoms with E-state index in [9.17, 15) is 0 Å². The lowest BCUT2D eigenvalue weighted by molar-refractivity contribution is 0.0331. The van der Waals surface area contributed by atoms with Gasteiger partial charge in [-0.2, -0.15) is 0 Å². The number of pyridine rings is 1. The van der Waals surface area contributed by atoms with Crippen LogP contribution in [-0.2, 0) is 10.3 Å². The molecule has 1 aromatic rings. The molecule has 0 spiro atoms. The average molecular weight is 405 g/mol. The molecule has 1 aliphatic rings. The normalized spacial score (nSPS) is 21.4. The lowest BCUT2D eigenvalue weighted by atomic mass is 9.82. The van der Waals surface area contributed by atoms with E-state index in [2.05, 4.69) is 75.2 Å². The number of ether oxygens (including phenoxy) is 1. The summed E-state index contributed by atoms with van der Waals surface area (Å²) in [5.74, 6) is 0. The molecule has 0 amide bonds. The first-order valence-electron chi connectivity index (χ1n) is 10.9. The lowest BCUT2D eigenvalue weighted by Crippen LogP contribution is -2.42. The molecule has 0 bridgehead atoms. The molecule has 28 heavy (non-hydrogen) atoms. The SMILES string of the molecule is CC/C=C(/CCC1(COCCC)CCN(C(C)(C)c2ccc(C)nc2)C1)SC. The van der Waals surface area contributed by atoms with Gasteiger partial charge < -0.3 is 4.74 Å². The molecule has 0 saturated carbocycles. The molecule has 1 unspecified atom stereocenters. The minimum absolute atomic E-state index is 0.00516. The zero-order valence-corrected chi connectivity index (χ0v) is 19.7. The van der Waals surface area contributed by atoms with Gasteiger partial charge in [0.1, 0.15) is 0 Å². The molecular formula is C24H40N2OS. The third kappa shape index (κ3) is 6.08. The third-order valence-electron chi connectivity index (χ3n) is 6.20. The van der Waals surface area contributed by atoms with Gasteiger partial charge in [0.15, 0.2) is 0 Å². The Balaban J connectivity index is 2.13. The lowest BCUT2D eigenvalue weighted by Gasteiger charge is -2.38. The van der Waals surface area contributed by atoms with Gasteiger partial charge in [-0.3, -0.25) is 9.88 Å². The van der Waals surface area contributed by atoms with Gasteiger partial charge in [0, 0.05) is 36.0 Å². The summed E-state index contributed by atoms with van der Waals surface area (Å²) in [5, 5.41) is 0. The number of aromatic nitrogens is 1. The van der Waals surface area contributed by atoms with Crippen LogP contribution in [0.2, 0.25) is 0 Å². The van der Waals surface area contributed by atoms with E-state index >= 15 is 0 Å². The van der Waals surface area contributed by atoms with Crippen molar-refractivity contribution in [2.45, 2.75) is 72.3 Å². The van der Waals surface area contributed by atoms with Crippen molar-refractivity contribution in [2.75, 3.05) is 32.6 Å². The number of hydrogen-bond acceptors (Lipinski definition) is 4. The second-order valence-electron chi connectivity index (χ2n) is 8.75. The first-order valence-corrected chi connectivity index (χ1v) is 12.1. The highest BCUT2D eigenvalue weighted by atomic mass is 32.2. The predicted octanol–water partition coefficient (Wildman–Crippen LogP) is 6.18. The summed E-state index contributed by atoms with van der Waals surface area (Å²) >= 11 is 1.91. The Kier molecular flexibility index (Phi) is 9.04. The topological polar surface area (TPSA) is 25.4 Å². The summed E-state index contributed by atoms with van der Waals surface area (Å²) in [6.07, 6.45) is 12.5. The number of nitrogens with zero attached hydrogens (tertiary/aromatic N) is 2. The molecule has 2 rings (SSSR count). The average Bonchev–Trinajstić information content (AvgIpc) is 3.11. The number of likely N-dealkylation sites (tertiary alicyclic amines) is 1. The Morgan fingerprint density at radius 2 is 2.14 bits per heavy atom. The standard InChI is InChI=1S/C24H40N2OS/c1-7-9-22(28-6)12-13-24(19-27-16-8-2)14-15-26(18-24)23(4,5)21-11-10-20(3)25-17-21/h9-11,17H,7-8,12-16,18-19H2,1-6H3/b22-9-. The molecule has 3 nitrogen and oxygen atoms in total. The van der Waals surface area contributed by atoms with Crippen LogP contribution in [0.15, 0.2) is 29.3 Å². The summed E-state index contributed by atoms with van der Waals surface area (Å²) in [5.41, 5.74) is 2.64. The van der Waals surface area contributed by atoms with Gasteiger partial charge in [0.05, 0.1) is 6.61 Å². The second-order valence-corrected chi connectivity index (χ2v) is 9.69. The zero-order chi connectivity index (χ0) is 20.6. The van der Waals surface area contributed by atoms with Crippen molar-refractivity contribution in [3.63, 3.8) is 0 Å². The van der Waals surface area contributed by atoms with E-state index in [0.717, 1.165) is 44.8 Å². The van der Waals surface area contributed by atoms with Crippen LogP contribution in [0, 0.1) is 12.3 Å². The minimum atomic E-state index is -0.00516. The van der Waals surface area contributed by atoms with Crippen molar-refractivity contribution < 1.29 is 4.74 Å². The molecule has 1 aromatic heterocycles. The maximum atomic E-state index is 6.11. The van der Waals surface area contributed by atoms with E-state index in [0.29, 0.717) is 0 Å². The molecular weight excluding hydrogens is 364 g/mol. The Labute approximate surface area is 177 Å². The second kappa shape index (κ2) is 10.8. The highest BCUT2D eigenvalue weighted by Gasteiger charge is 2.43. The number of allylic oxidation sites excluding steroid dienone is 2. The molecule has 1 atom stereocenters. The van der Waals surface area contributed by atoms with E-state index in [1.165, 1.54) is 29.7 Å². The van der Waals surface area contributed by atoms with Crippen LogP contribution < -0.4 is 0 Å². The van der Waals surface area contributed by atoms with Crippen LogP contribution in [0.5, 0.6) is 0 Å². The zero-order valence-electron chi connectivity index (χ0n) is 18.9. The number of hydrogen-bond donors (Lipinski definition) is 0. The quantitative estimate of drug-likeness (QED) is 0.411. The van der Waals surface area contributed by atoms with E-state index in [-0.39, 0.29) is 11.0 Å². The molecule has 2 heterocycles. The van der Waals surface area contributed by atoms with Gasteiger partial charge in [0.25, 0.3) is 0 Å². The van der Waals surface area contributed by atoms with Gasteiger partial charge in [0.2, 0.25) is 0 Å². The van der Waals surface area contributed by atoms with E-state index < -0.39 is 0 Å². The predicted molar refractivity (Wildman–Crippen MR) is 123 cm³/mol. The Morgan fingerprint density at radius 1 is 1.36 bits per heavy atom. The fraction of sp³-hybridized carbons (Fsp3) is 0.708. The molecule has 1 fully saturated rings. The third-order valence-corrected chi connectivity index (χ3v) is 7.09. The fourth-order valence-corrected chi connectivity index (χ4v) is 4.79. The van der Waals surface area contributed by atoms with Crippen LogP contribution in [0.1, 0.15) is 71.1 Å². The van der Waals surface area contributed by atoms with Gasteiger partial charge in [-0.1, -0.05) is 26.0 Å². The maximum Gasteiger partial charge on any atom is 0.0535 e. The van der Waals surface area contributed by atoms with Gasteiger partial charge in [-0.15, -0.1) is 11.8 Å². The summed E-state index contributed by atoms with van der Waals surface area (Å²) < 4.78 is 6.11. The van der Waals surface area contributed by atoms with Crippen LogP contribution >= 0.6 is 11.8 Å². The molecule has 0 aliphatic carbocycles. The van der Waals surface area contributed by atoms with Crippen molar-refractivity contribution in [1.29, 1.82) is 0 Å². The summed E-state index contributed by atoms with van der Waals surface area (Å²) in [6, 6.07) is 4.37. The Hall–Kier alpha value is -0.840. The summed E-state index contributed by atoms with van der Waals surface area (Å²) in [6.45, 7) is 15.1. The smallest absolute Gasteiger partial charge is 0.0535 e. The Morgan fingerprint density at radius 3 is 2.75 bits per heavy atom. The van der Waals surface area contributed by atoms with Crippen LogP contribution in [0.4, 0.5) is 0 Å². The van der Waals surface area contributed by atoms with Crippen LogP contribution in [-0.4, -0.2) is 42.4 Å². The van der Waals surface area contributed by atoms with Crippen LogP contribution in [0.3, 0.4) is 0 Å². The number of thioether (sulfide) groups is 1. The monoisotopic (exact) mass is 404 g/mol. The first kappa shape index (κ1) is 23.4. The van der Waals surface area contributed by atoms with Gasteiger partial charge in [-0.25, -0.2) is 0 Å². The molecule has 0 aromatic carbocycles. The Bertz CT molecular complexity index is 626. The molecule has 4 heteroatoms. The molecule has 1 saturated heterocycles. The highest BCUT2D eigenvalue weighted by Crippen LogP contribution is 2.42. The number of rotatable bonds is 11. The largest absolute Gasteiger partial charge is 0.381 e. The molecule has 0 radical (unpaired) electrons. The van der Waals surface area contributed by atoms with Crippen LogP contribution in [0.25, 0.3) is 0 Å². The summed E-state index contributed by atoms with van der Waals surface area (Å²) in [7, 11) is 0. The van der Waals surface area contributed by atoms with Crippen molar-refractivity contribution in [3.05, 3.63) is 40.6 Å². The highest BCUT2D eigenvalue weighted by molar-refractivity contribution is 8.02. The maximum absolute atomic E-state index is 6.11. The van der Waals surface area contributed by atoms with Crippen molar-refractivity contribution >= 4 is 11.8 Å². The first-order chi connectivity index (χ1) is 13.4. The molecule has 0 N–H and O–H groups in total. The number of aryl methyl sites for hydroxylation is 1. The van der Waals surface area contributed by atoms with Crippen molar-refractivity contribution in [1.82, 2.24) is 9.88 Å². The fourth-order valence-electron chi connectivity index (χ4n) is 4.16. The minimum Gasteiger partial charge on any atom is -0.381 e.